The van der Waals surface area contributed by atoms with Crippen molar-refractivity contribution in [3.8, 4) is 0 Å². The van der Waals surface area contributed by atoms with Gasteiger partial charge in [-0.2, -0.15) is 11.8 Å². The van der Waals surface area contributed by atoms with Crippen molar-refractivity contribution >= 4 is 23.1 Å². The molecule has 1 saturated heterocycles. The monoisotopic (exact) mass is 284 g/mol. The van der Waals surface area contributed by atoms with Gasteiger partial charge in [0.15, 0.2) is 0 Å². The fraction of sp³-hybridized carbons (Fsp3) is 0.714. The largest absolute Gasteiger partial charge is 0.326 e. The molecule has 0 spiro atoms. The van der Waals surface area contributed by atoms with Crippen LogP contribution in [0.2, 0.25) is 0 Å². The summed E-state index contributed by atoms with van der Waals surface area (Å²) in [6.45, 7) is 9.16. The van der Waals surface area contributed by atoms with Gasteiger partial charge in [-0.15, -0.1) is 11.3 Å². The Morgan fingerprint density at radius 2 is 2.28 bits per heavy atom. The van der Waals surface area contributed by atoms with Gasteiger partial charge in [0.25, 0.3) is 0 Å². The summed E-state index contributed by atoms with van der Waals surface area (Å²) in [5.41, 5.74) is 6.39. The third kappa shape index (κ3) is 3.29. The third-order valence-electron chi connectivity index (χ3n) is 3.56. The lowest BCUT2D eigenvalue weighted by Crippen LogP contribution is -2.49. The van der Waals surface area contributed by atoms with Crippen LogP contribution in [0.5, 0.6) is 0 Å². The summed E-state index contributed by atoms with van der Waals surface area (Å²) >= 11 is 3.92. The number of rotatable bonds is 4. The predicted octanol–water partition coefficient (Wildman–Crippen LogP) is 3.35. The van der Waals surface area contributed by atoms with Crippen LogP contribution in [-0.2, 0) is 0 Å². The summed E-state index contributed by atoms with van der Waals surface area (Å²) in [5.74, 6) is 1.21. The highest BCUT2D eigenvalue weighted by atomic mass is 32.2. The lowest BCUT2D eigenvalue weighted by Gasteiger charge is -2.43. The molecule has 1 fully saturated rings. The van der Waals surface area contributed by atoms with Gasteiger partial charge < -0.3 is 5.73 Å². The molecule has 2 heterocycles. The molecule has 0 saturated carbocycles. The summed E-state index contributed by atoms with van der Waals surface area (Å²) in [6, 6.07) is 5.01. The Morgan fingerprint density at radius 3 is 2.83 bits per heavy atom. The molecule has 0 bridgehead atoms. The molecule has 0 aromatic carbocycles. The zero-order valence-electron chi connectivity index (χ0n) is 11.6. The molecular weight excluding hydrogens is 260 g/mol. The molecule has 4 heteroatoms. The maximum Gasteiger partial charge on any atom is 0.0594 e. The third-order valence-corrected chi connectivity index (χ3v) is 5.80. The highest BCUT2D eigenvalue weighted by Gasteiger charge is 2.34. The SMILES string of the molecule is CCC(N)C(c1cccs1)N1CCSC(C)(C)C1. The zero-order chi connectivity index (χ0) is 13.2. The normalized spacial score (nSPS) is 23.8. The number of thioether (sulfide) groups is 1. The van der Waals surface area contributed by atoms with E-state index in [4.69, 9.17) is 5.73 Å². The quantitative estimate of drug-likeness (QED) is 0.919. The van der Waals surface area contributed by atoms with E-state index in [0.29, 0.717) is 10.8 Å². The van der Waals surface area contributed by atoms with Crippen LogP contribution >= 0.6 is 23.1 Å². The van der Waals surface area contributed by atoms with Gasteiger partial charge in [0.2, 0.25) is 0 Å². The van der Waals surface area contributed by atoms with Crippen molar-refractivity contribution in [2.24, 2.45) is 5.73 Å². The van der Waals surface area contributed by atoms with Gasteiger partial charge in [0, 0.05) is 34.5 Å². The highest BCUT2D eigenvalue weighted by Crippen LogP contribution is 2.36. The molecule has 2 unspecified atom stereocenters. The molecule has 102 valence electrons. The van der Waals surface area contributed by atoms with E-state index >= 15 is 0 Å². The maximum atomic E-state index is 6.39. The second kappa shape index (κ2) is 5.95. The molecule has 0 radical (unpaired) electrons. The van der Waals surface area contributed by atoms with E-state index in [0.717, 1.165) is 19.5 Å². The molecule has 0 aliphatic carbocycles. The Balaban J connectivity index is 2.19. The van der Waals surface area contributed by atoms with Crippen LogP contribution in [0.15, 0.2) is 17.5 Å². The maximum absolute atomic E-state index is 6.39. The first-order valence-electron chi connectivity index (χ1n) is 6.70. The van der Waals surface area contributed by atoms with Crippen molar-refractivity contribution in [2.75, 3.05) is 18.8 Å². The van der Waals surface area contributed by atoms with Gasteiger partial charge in [0.1, 0.15) is 0 Å². The Kier molecular flexibility index (Phi) is 4.75. The van der Waals surface area contributed by atoms with E-state index in [9.17, 15) is 0 Å². The summed E-state index contributed by atoms with van der Waals surface area (Å²) < 4.78 is 0.348. The Bertz CT molecular complexity index is 362. The van der Waals surface area contributed by atoms with E-state index in [1.807, 2.05) is 11.3 Å². The fourth-order valence-electron chi connectivity index (χ4n) is 2.63. The second-order valence-electron chi connectivity index (χ2n) is 5.61. The summed E-state index contributed by atoms with van der Waals surface area (Å²) in [5, 5.41) is 2.16. The Hall–Kier alpha value is -0.0300. The summed E-state index contributed by atoms with van der Waals surface area (Å²) in [7, 11) is 0. The van der Waals surface area contributed by atoms with Gasteiger partial charge in [0.05, 0.1) is 6.04 Å². The number of thiophene rings is 1. The first-order chi connectivity index (χ1) is 8.53. The number of nitrogens with zero attached hydrogens (tertiary/aromatic N) is 1. The Labute approximate surface area is 119 Å². The van der Waals surface area contributed by atoms with Crippen LogP contribution in [0, 0.1) is 0 Å². The zero-order valence-corrected chi connectivity index (χ0v) is 13.2. The smallest absolute Gasteiger partial charge is 0.0594 e. The van der Waals surface area contributed by atoms with Gasteiger partial charge in [-0.1, -0.05) is 13.0 Å². The molecule has 2 atom stereocenters. The number of nitrogens with two attached hydrogens (primary N) is 1. The predicted molar refractivity (Wildman–Crippen MR) is 83.4 cm³/mol. The second-order valence-corrected chi connectivity index (χ2v) is 8.39. The molecular formula is C14H24N2S2. The van der Waals surface area contributed by atoms with Gasteiger partial charge in [-0.25, -0.2) is 0 Å². The van der Waals surface area contributed by atoms with Crippen molar-refractivity contribution in [1.29, 1.82) is 0 Å². The number of hydrogen-bond acceptors (Lipinski definition) is 4. The molecule has 2 nitrogen and oxygen atoms in total. The van der Waals surface area contributed by atoms with Crippen molar-refractivity contribution in [1.82, 2.24) is 4.90 Å². The minimum absolute atomic E-state index is 0.238. The molecule has 1 aromatic heterocycles. The van der Waals surface area contributed by atoms with E-state index in [1.165, 1.54) is 10.6 Å². The van der Waals surface area contributed by atoms with Gasteiger partial charge in [-0.3, -0.25) is 4.90 Å². The van der Waals surface area contributed by atoms with Crippen LogP contribution in [0.4, 0.5) is 0 Å². The fourth-order valence-corrected chi connectivity index (χ4v) is 4.71. The first-order valence-corrected chi connectivity index (χ1v) is 8.57. The molecule has 2 rings (SSSR count). The lowest BCUT2D eigenvalue weighted by atomic mass is 10.0. The first kappa shape index (κ1) is 14.4. The number of hydrogen-bond donors (Lipinski definition) is 1. The standard InChI is InChI=1S/C14H24N2S2/c1-4-11(15)13(12-6-5-8-17-12)16-7-9-18-14(2,3)10-16/h5-6,8,11,13H,4,7,9-10,15H2,1-3H3. The van der Waals surface area contributed by atoms with Gasteiger partial charge in [-0.05, 0) is 31.7 Å². The van der Waals surface area contributed by atoms with Crippen molar-refractivity contribution < 1.29 is 0 Å². The van der Waals surface area contributed by atoms with Crippen LogP contribution < -0.4 is 5.73 Å². The topological polar surface area (TPSA) is 29.3 Å². The molecule has 1 aliphatic rings. The van der Waals surface area contributed by atoms with Crippen molar-refractivity contribution in [3.05, 3.63) is 22.4 Å². The van der Waals surface area contributed by atoms with E-state index in [2.05, 4.69) is 54.9 Å². The molecule has 1 aliphatic heterocycles. The molecule has 1 aromatic rings. The Morgan fingerprint density at radius 1 is 1.50 bits per heavy atom. The summed E-state index contributed by atoms with van der Waals surface area (Å²) in [4.78, 5) is 4.02. The van der Waals surface area contributed by atoms with Crippen LogP contribution in [0.3, 0.4) is 0 Å². The average molecular weight is 284 g/mol. The summed E-state index contributed by atoms with van der Waals surface area (Å²) in [6.07, 6.45) is 1.03. The average Bonchev–Trinajstić information content (AvgIpc) is 2.81. The minimum Gasteiger partial charge on any atom is -0.326 e. The van der Waals surface area contributed by atoms with E-state index < -0.39 is 0 Å². The molecule has 2 N–H and O–H groups in total. The van der Waals surface area contributed by atoms with Crippen LogP contribution in [0.25, 0.3) is 0 Å². The lowest BCUT2D eigenvalue weighted by molar-refractivity contribution is 0.164. The van der Waals surface area contributed by atoms with Crippen molar-refractivity contribution in [2.45, 2.75) is 44.0 Å². The minimum atomic E-state index is 0.238. The van der Waals surface area contributed by atoms with Crippen LogP contribution in [-0.4, -0.2) is 34.5 Å². The van der Waals surface area contributed by atoms with Gasteiger partial charge >= 0.3 is 0 Å². The van der Waals surface area contributed by atoms with Crippen LogP contribution in [0.1, 0.15) is 38.1 Å². The molecule has 18 heavy (non-hydrogen) atoms. The highest BCUT2D eigenvalue weighted by molar-refractivity contribution is 8.00. The van der Waals surface area contributed by atoms with E-state index in [1.54, 1.807) is 0 Å². The molecule has 0 amide bonds. The van der Waals surface area contributed by atoms with Crippen molar-refractivity contribution in [3.63, 3.8) is 0 Å². The van der Waals surface area contributed by atoms with E-state index in [-0.39, 0.29) is 6.04 Å².